The fourth-order valence-corrected chi connectivity index (χ4v) is 3.01. The number of hydrogen-bond acceptors (Lipinski definition) is 4. The van der Waals surface area contributed by atoms with Crippen molar-refractivity contribution in [2.24, 2.45) is 5.41 Å². The van der Waals surface area contributed by atoms with Crippen molar-refractivity contribution in [3.8, 4) is 0 Å². The van der Waals surface area contributed by atoms with E-state index in [1.165, 1.54) is 0 Å². The summed E-state index contributed by atoms with van der Waals surface area (Å²) in [6, 6.07) is -0.700. The maximum absolute atomic E-state index is 12.2. The topological polar surface area (TPSA) is 86.8 Å². The first-order valence-electron chi connectivity index (χ1n) is 7.50. The summed E-state index contributed by atoms with van der Waals surface area (Å²) in [4.78, 5) is 50.6. The Hall–Kier alpha value is -1.92. The third-order valence-electron chi connectivity index (χ3n) is 4.56. The number of nitrogens with zero attached hydrogens (tertiary/aromatic N) is 2. The highest BCUT2D eigenvalue weighted by molar-refractivity contribution is 6.20. The molecule has 1 spiro atoms. The second-order valence-electron chi connectivity index (χ2n) is 5.99. The number of likely N-dealkylation sites (tertiary alicyclic amines) is 1. The highest BCUT2D eigenvalue weighted by atomic mass is 16.2. The van der Waals surface area contributed by atoms with E-state index in [9.17, 15) is 19.2 Å². The molecule has 5 amide bonds. The van der Waals surface area contributed by atoms with Crippen molar-refractivity contribution in [2.45, 2.75) is 38.5 Å². The molecule has 0 bridgehead atoms. The number of hydrogen-bond donors (Lipinski definition) is 1. The molecule has 0 aromatic heterocycles. The van der Waals surface area contributed by atoms with Crippen LogP contribution < -0.4 is 5.32 Å². The highest BCUT2D eigenvalue weighted by Crippen LogP contribution is 2.48. The number of barbiturate groups is 1. The van der Waals surface area contributed by atoms with Gasteiger partial charge in [-0.3, -0.25) is 24.6 Å². The summed E-state index contributed by atoms with van der Waals surface area (Å²) in [5.74, 6) is -0.962. The molecule has 0 unspecified atom stereocenters. The quantitative estimate of drug-likeness (QED) is 0.756. The number of imide groups is 2. The van der Waals surface area contributed by atoms with Gasteiger partial charge in [0.25, 0.3) is 0 Å². The minimum absolute atomic E-state index is 0.0305. The zero-order valence-electron chi connectivity index (χ0n) is 11.9. The van der Waals surface area contributed by atoms with Crippen LogP contribution in [-0.4, -0.2) is 53.2 Å². The van der Waals surface area contributed by atoms with Crippen molar-refractivity contribution < 1.29 is 19.2 Å². The van der Waals surface area contributed by atoms with Crippen LogP contribution in [0.5, 0.6) is 0 Å². The van der Waals surface area contributed by atoms with Crippen molar-refractivity contribution in [3.63, 3.8) is 0 Å². The first-order valence-corrected chi connectivity index (χ1v) is 7.50. The standard InChI is InChI=1S/C14H19N3O4/c18-10(16-7-2-1-3-8-16)4-9-17-12(20)14(5-6-14)11(19)15-13(17)21/h1-9H2,(H,15,19,21). The average Bonchev–Trinajstić information content (AvgIpc) is 3.28. The summed E-state index contributed by atoms with van der Waals surface area (Å²) in [5, 5.41) is 2.22. The minimum Gasteiger partial charge on any atom is -0.343 e. The Bertz CT molecular complexity index is 506. The van der Waals surface area contributed by atoms with Crippen molar-refractivity contribution >= 4 is 23.8 Å². The lowest BCUT2D eigenvalue weighted by molar-refractivity contribution is -0.144. The van der Waals surface area contributed by atoms with E-state index in [-0.39, 0.29) is 18.9 Å². The van der Waals surface area contributed by atoms with Gasteiger partial charge in [0.15, 0.2) is 0 Å². The highest BCUT2D eigenvalue weighted by Gasteiger charge is 2.62. The molecule has 2 aliphatic heterocycles. The van der Waals surface area contributed by atoms with Gasteiger partial charge in [0, 0.05) is 26.1 Å². The van der Waals surface area contributed by atoms with Crippen molar-refractivity contribution in [2.75, 3.05) is 19.6 Å². The van der Waals surface area contributed by atoms with Gasteiger partial charge in [0.2, 0.25) is 17.7 Å². The molecule has 2 heterocycles. The van der Waals surface area contributed by atoms with Gasteiger partial charge in [-0.05, 0) is 32.1 Å². The Kier molecular flexibility index (Phi) is 3.43. The van der Waals surface area contributed by atoms with Gasteiger partial charge in [-0.2, -0.15) is 0 Å². The Labute approximate surface area is 122 Å². The molecule has 0 atom stereocenters. The average molecular weight is 293 g/mol. The number of urea groups is 1. The number of carbonyl (C=O) groups is 4. The molecule has 3 rings (SSSR count). The largest absolute Gasteiger partial charge is 0.343 e. The number of rotatable bonds is 3. The molecule has 7 heteroatoms. The van der Waals surface area contributed by atoms with E-state index in [2.05, 4.69) is 5.32 Å². The van der Waals surface area contributed by atoms with Gasteiger partial charge in [-0.1, -0.05) is 0 Å². The second kappa shape index (κ2) is 5.13. The first kappa shape index (κ1) is 14.0. The van der Waals surface area contributed by atoms with Crippen LogP contribution in [-0.2, 0) is 14.4 Å². The monoisotopic (exact) mass is 293 g/mol. The van der Waals surface area contributed by atoms with E-state index in [0.29, 0.717) is 12.8 Å². The van der Waals surface area contributed by atoms with Crippen LogP contribution >= 0.6 is 0 Å². The molecule has 3 aliphatic rings. The van der Waals surface area contributed by atoms with Crippen LogP contribution in [0.15, 0.2) is 0 Å². The van der Waals surface area contributed by atoms with Crippen molar-refractivity contribution in [1.29, 1.82) is 0 Å². The lowest BCUT2D eigenvalue weighted by Gasteiger charge is -2.31. The summed E-state index contributed by atoms with van der Waals surface area (Å²) in [5.41, 5.74) is -1.03. The van der Waals surface area contributed by atoms with Crippen LogP contribution in [0, 0.1) is 5.41 Å². The predicted octanol–water partition coefficient (Wildman–Crippen LogP) is 0.248. The molecule has 1 saturated carbocycles. The van der Waals surface area contributed by atoms with Gasteiger partial charge in [0.05, 0.1) is 0 Å². The number of nitrogens with one attached hydrogen (secondary N) is 1. The molecule has 0 aromatic rings. The summed E-state index contributed by atoms with van der Waals surface area (Å²) in [7, 11) is 0. The summed E-state index contributed by atoms with van der Waals surface area (Å²) in [6.45, 7) is 1.55. The van der Waals surface area contributed by atoms with E-state index < -0.39 is 23.3 Å². The molecular formula is C14H19N3O4. The van der Waals surface area contributed by atoms with E-state index in [4.69, 9.17) is 0 Å². The maximum Gasteiger partial charge on any atom is 0.330 e. The van der Waals surface area contributed by atoms with Gasteiger partial charge >= 0.3 is 6.03 Å². The van der Waals surface area contributed by atoms with E-state index in [1.54, 1.807) is 4.90 Å². The molecular weight excluding hydrogens is 274 g/mol. The minimum atomic E-state index is -1.03. The molecule has 3 fully saturated rings. The lowest BCUT2D eigenvalue weighted by Crippen LogP contribution is -2.59. The number of carbonyl (C=O) groups excluding carboxylic acids is 4. The van der Waals surface area contributed by atoms with Crippen LogP contribution in [0.1, 0.15) is 38.5 Å². The van der Waals surface area contributed by atoms with Crippen LogP contribution in [0.25, 0.3) is 0 Å². The molecule has 0 aromatic carbocycles. The Balaban J connectivity index is 1.59. The zero-order valence-corrected chi connectivity index (χ0v) is 11.9. The fourth-order valence-electron chi connectivity index (χ4n) is 3.01. The van der Waals surface area contributed by atoms with Gasteiger partial charge < -0.3 is 4.90 Å². The van der Waals surface area contributed by atoms with Crippen LogP contribution in [0.4, 0.5) is 4.79 Å². The van der Waals surface area contributed by atoms with E-state index >= 15 is 0 Å². The summed E-state index contributed by atoms with van der Waals surface area (Å²) in [6.07, 6.45) is 4.26. The normalized spacial score (nSPS) is 24.3. The SMILES string of the molecule is O=C(CCN1C(=O)NC(=O)C2(CC2)C1=O)N1CCCCC1. The molecule has 7 nitrogen and oxygen atoms in total. The molecule has 1 N–H and O–H groups in total. The van der Waals surface area contributed by atoms with Crippen molar-refractivity contribution in [1.82, 2.24) is 15.1 Å². The van der Waals surface area contributed by atoms with Gasteiger partial charge in [-0.25, -0.2) is 4.79 Å². The Morgan fingerprint density at radius 1 is 1.10 bits per heavy atom. The van der Waals surface area contributed by atoms with Crippen LogP contribution in [0.2, 0.25) is 0 Å². The smallest absolute Gasteiger partial charge is 0.330 e. The number of piperidine rings is 1. The summed E-state index contributed by atoms with van der Waals surface area (Å²) >= 11 is 0. The second-order valence-corrected chi connectivity index (χ2v) is 5.99. The fraction of sp³-hybridized carbons (Fsp3) is 0.714. The predicted molar refractivity (Wildman–Crippen MR) is 72.0 cm³/mol. The molecule has 21 heavy (non-hydrogen) atoms. The van der Waals surface area contributed by atoms with E-state index in [0.717, 1.165) is 37.3 Å². The van der Waals surface area contributed by atoms with Gasteiger partial charge in [-0.15, -0.1) is 0 Å². The van der Waals surface area contributed by atoms with E-state index in [1.807, 2.05) is 0 Å². The zero-order chi connectivity index (χ0) is 15.0. The lowest BCUT2D eigenvalue weighted by atomic mass is 10.0. The van der Waals surface area contributed by atoms with Gasteiger partial charge in [0.1, 0.15) is 5.41 Å². The summed E-state index contributed by atoms with van der Waals surface area (Å²) < 4.78 is 0. The molecule has 1 aliphatic carbocycles. The molecule has 114 valence electrons. The van der Waals surface area contributed by atoms with Crippen molar-refractivity contribution in [3.05, 3.63) is 0 Å². The Morgan fingerprint density at radius 3 is 2.38 bits per heavy atom. The molecule has 0 radical (unpaired) electrons. The maximum atomic E-state index is 12.2. The Morgan fingerprint density at radius 2 is 1.76 bits per heavy atom. The first-order chi connectivity index (χ1) is 10.0. The third-order valence-corrected chi connectivity index (χ3v) is 4.56. The molecule has 2 saturated heterocycles. The van der Waals surface area contributed by atoms with Crippen LogP contribution in [0.3, 0.4) is 0 Å². The number of amides is 5. The third kappa shape index (κ3) is 2.41.